The Bertz CT molecular complexity index is 512. The van der Waals surface area contributed by atoms with Gasteiger partial charge in [-0.15, -0.1) is 24.0 Å². The molecule has 0 aromatic heterocycles. The van der Waals surface area contributed by atoms with Gasteiger partial charge in [0.05, 0.1) is 0 Å². The van der Waals surface area contributed by atoms with Crippen LogP contribution in [0.2, 0.25) is 0 Å². The molecule has 4 N–H and O–H groups in total. The highest BCUT2D eigenvalue weighted by Gasteiger charge is 2.01. The Morgan fingerprint density at radius 3 is 2.79 bits per heavy atom. The average Bonchev–Trinajstić information content (AvgIpc) is 2.56. The second-order valence-electron chi connectivity index (χ2n) is 4.81. The lowest BCUT2D eigenvalue weighted by atomic mass is 10.2. The third-order valence-corrected chi connectivity index (χ3v) is 2.93. The van der Waals surface area contributed by atoms with E-state index in [2.05, 4.69) is 15.6 Å². The van der Waals surface area contributed by atoms with Crippen molar-refractivity contribution < 1.29 is 14.3 Å². The maximum Gasteiger partial charge on any atom is 0.255 e. The summed E-state index contributed by atoms with van der Waals surface area (Å²) in [5.74, 6) is 0.845. The van der Waals surface area contributed by atoms with Gasteiger partial charge in [-0.3, -0.25) is 9.79 Å². The summed E-state index contributed by atoms with van der Waals surface area (Å²) in [7, 11) is 1.73. The van der Waals surface area contributed by atoms with Gasteiger partial charge in [0.15, 0.2) is 12.6 Å². The number of nitrogens with two attached hydrogens (primary N) is 1. The molecule has 0 spiro atoms. The fourth-order valence-electron chi connectivity index (χ4n) is 1.83. The molecule has 0 unspecified atom stereocenters. The number of hydrogen-bond donors (Lipinski definition) is 3. The van der Waals surface area contributed by atoms with E-state index in [4.69, 9.17) is 15.2 Å². The van der Waals surface area contributed by atoms with Crippen LogP contribution in [0.1, 0.15) is 18.9 Å². The van der Waals surface area contributed by atoms with Crippen molar-refractivity contribution in [1.82, 2.24) is 10.6 Å². The highest BCUT2D eigenvalue weighted by Crippen LogP contribution is 2.12. The summed E-state index contributed by atoms with van der Waals surface area (Å²) in [4.78, 5) is 14.9. The van der Waals surface area contributed by atoms with Crippen LogP contribution < -0.4 is 21.1 Å². The van der Waals surface area contributed by atoms with E-state index < -0.39 is 5.91 Å². The standard InChI is InChI=1S/C16H26N4O3.HI/c1-3-22-9-5-8-19-16(18-2)20-11-13-6-4-7-14(10-13)23-12-15(17)21;/h4,6-7,10H,3,5,8-9,11-12H2,1-2H3,(H2,17,21)(H2,18,19,20);1H. The number of nitrogens with one attached hydrogen (secondary N) is 2. The number of carbonyl (C=O) groups excluding carboxylic acids is 1. The normalized spacial score (nSPS) is 10.7. The Morgan fingerprint density at radius 1 is 1.33 bits per heavy atom. The van der Waals surface area contributed by atoms with Crippen molar-refractivity contribution in [3.05, 3.63) is 29.8 Å². The van der Waals surface area contributed by atoms with Crippen molar-refractivity contribution >= 4 is 35.8 Å². The minimum atomic E-state index is -0.495. The number of carbonyl (C=O) groups is 1. The third-order valence-electron chi connectivity index (χ3n) is 2.93. The molecule has 24 heavy (non-hydrogen) atoms. The van der Waals surface area contributed by atoms with Gasteiger partial charge in [-0.2, -0.15) is 0 Å². The van der Waals surface area contributed by atoms with E-state index >= 15 is 0 Å². The number of benzene rings is 1. The zero-order valence-electron chi connectivity index (χ0n) is 14.2. The van der Waals surface area contributed by atoms with E-state index in [0.717, 1.165) is 37.7 Å². The monoisotopic (exact) mass is 450 g/mol. The third kappa shape index (κ3) is 10.3. The van der Waals surface area contributed by atoms with Crippen LogP contribution in [0, 0.1) is 0 Å². The minimum Gasteiger partial charge on any atom is -0.484 e. The summed E-state index contributed by atoms with van der Waals surface area (Å²) in [6.07, 6.45) is 0.922. The first-order chi connectivity index (χ1) is 11.2. The molecule has 0 fully saturated rings. The fourth-order valence-corrected chi connectivity index (χ4v) is 1.83. The highest BCUT2D eigenvalue weighted by molar-refractivity contribution is 14.0. The number of amides is 1. The molecular weight excluding hydrogens is 423 g/mol. The summed E-state index contributed by atoms with van der Waals surface area (Å²) < 4.78 is 10.6. The van der Waals surface area contributed by atoms with Crippen molar-refractivity contribution in [2.24, 2.45) is 10.7 Å². The van der Waals surface area contributed by atoms with Gasteiger partial charge < -0.3 is 25.8 Å². The summed E-state index contributed by atoms with van der Waals surface area (Å²) in [5.41, 5.74) is 6.08. The molecule has 0 radical (unpaired) electrons. The smallest absolute Gasteiger partial charge is 0.255 e. The molecule has 0 atom stereocenters. The lowest BCUT2D eigenvalue weighted by Crippen LogP contribution is -2.37. The predicted octanol–water partition coefficient (Wildman–Crippen LogP) is 1.26. The van der Waals surface area contributed by atoms with E-state index in [-0.39, 0.29) is 30.6 Å². The van der Waals surface area contributed by atoms with E-state index in [1.807, 2.05) is 25.1 Å². The maximum absolute atomic E-state index is 10.7. The molecule has 8 heteroatoms. The average molecular weight is 450 g/mol. The fraction of sp³-hybridized carbons (Fsp3) is 0.500. The van der Waals surface area contributed by atoms with Crippen LogP contribution in [-0.4, -0.2) is 45.3 Å². The number of halogens is 1. The summed E-state index contributed by atoms with van der Waals surface area (Å²) in [6.45, 7) is 4.72. The molecule has 1 aromatic rings. The lowest BCUT2D eigenvalue weighted by molar-refractivity contribution is -0.119. The zero-order chi connectivity index (χ0) is 16.9. The molecule has 0 bridgehead atoms. The molecular formula is C16H27IN4O3. The maximum atomic E-state index is 10.7. The number of guanidine groups is 1. The lowest BCUT2D eigenvalue weighted by Gasteiger charge is -2.12. The van der Waals surface area contributed by atoms with Crippen LogP contribution in [0.15, 0.2) is 29.3 Å². The number of primary amides is 1. The first-order valence-corrected chi connectivity index (χ1v) is 7.68. The van der Waals surface area contributed by atoms with Crippen molar-refractivity contribution in [2.75, 3.05) is 33.4 Å². The number of ether oxygens (including phenoxy) is 2. The van der Waals surface area contributed by atoms with Gasteiger partial charge in [-0.05, 0) is 31.0 Å². The first-order valence-electron chi connectivity index (χ1n) is 7.68. The molecule has 0 aliphatic rings. The summed E-state index contributed by atoms with van der Waals surface area (Å²) in [6, 6.07) is 7.48. The Balaban J connectivity index is 0.00000529. The molecule has 0 aliphatic carbocycles. The molecule has 1 aromatic carbocycles. The molecule has 136 valence electrons. The van der Waals surface area contributed by atoms with Crippen molar-refractivity contribution in [1.29, 1.82) is 0 Å². The molecule has 0 saturated heterocycles. The Hall–Kier alpha value is -1.55. The molecule has 7 nitrogen and oxygen atoms in total. The summed E-state index contributed by atoms with van der Waals surface area (Å²) >= 11 is 0. The molecule has 0 aliphatic heterocycles. The van der Waals surface area contributed by atoms with Crippen molar-refractivity contribution in [3.8, 4) is 5.75 Å². The Kier molecular flexibility index (Phi) is 13.0. The molecule has 0 saturated carbocycles. The van der Waals surface area contributed by atoms with Gasteiger partial charge in [0.1, 0.15) is 5.75 Å². The van der Waals surface area contributed by atoms with Crippen LogP contribution in [0.25, 0.3) is 0 Å². The predicted molar refractivity (Wildman–Crippen MR) is 106 cm³/mol. The molecule has 1 amide bonds. The van der Waals surface area contributed by atoms with Crippen LogP contribution in [-0.2, 0) is 16.1 Å². The number of rotatable bonds is 10. The van der Waals surface area contributed by atoms with Gasteiger partial charge in [-0.1, -0.05) is 12.1 Å². The zero-order valence-corrected chi connectivity index (χ0v) is 16.5. The van der Waals surface area contributed by atoms with Gasteiger partial charge in [0, 0.05) is 33.4 Å². The van der Waals surface area contributed by atoms with E-state index in [1.165, 1.54) is 0 Å². The van der Waals surface area contributed by atoms with E-state index in [9.17, 15) is 4.79 Å². The van der Waals surface area contributed by atoms with Gasteiger partial charge in [0.25, 0.3) is 5.91 Å². The second-order valence-corrected chi connectivity index (χ2v) is 4.81. The Labute approximate surface area is 160 Å². The number of hydrogen-bond acceptors (Lipinski definition) is 4. The van der Waals surface area contributed by atoms with Crippen LogP contribution in [0.5, 0.6) is 5.75 Å². The first kappa shape index (κ1) is 22.4. The van der Waals surface area contributed by atoms with Gasteiger partial charge in [-0.25, -0.2) is 0 Å². The van der Waals surface area contributed by atoms with Crippen LogP contribution in [0.3, 0.4) is 0 Å². The topological polar surface area (TPSA) is 98.0 Å². The van der Waals surface area contributed by atoms with E-state index in [1.54, 1.807) is 13.1 Å². The number of nitrogens with zero attached hydrogens (tertiary/aromatic N) is 1. The second kappa shape index (κ2) is 13.8. The van der Waals surface area contributed by atoms with Crippen LogP contribution >= 0.6 is 24.0 Å². The Morgan fingerprint density at radius 2 is 2.12 bits per heavy atom. The quantitative estimate of drug-likeness (QED) is 0.216. The summed E-state index contributed by atoms with van der Waals surface area (Å²) in [5, 5.41) is 6.44. The largest absolute Gasteiger partial charge is 0.484 e. The van der Waals surface area contributed by atoms with Crippen molar-refractivity contribution in [2.45, 2.75) is 19.9 Å². The van der Waals surface area contributed by atoms with E-state index in [0.29, 0.717) is 12.3 Å². The minimum absolute atomic E-state index is 0. The SMILES string of the molecule is CCOCCCNC(=NC)NCc1cccc(OCC(N)=O)c1.I. The number of aliphatic imine (C=N–C) groups is 1. The molecule has 0 heterocycles. The van der Waals surface area contributed by atoms with Gasteiger partial charge in [0.2, 0.25) is 0 Å². The van der Waals surface area contributed by atoms with Gasteiger partial charge >= 0.3 is 0 Å². The van der Waals surface area contributed by atoms with Crippen molar-refractivity contribution in [3.63, 3.8) is 0 Å². The van der Waals surface area contributed by atoms with Crippen LogP contribution in [0.4, 0.5) is 0 Å². The molecule has 1 rings (SSSR count). The highest BCUT2D eigenvalue weighted by atomic mass is 127.